The van der Waals surface area contributed by atoms with Gasteiger partial charge in [0.2, 0.25) is 0 Å². The number of aryl methyl sites for hydroxylation is 1. The molecule has 1 aliphatic heterocycles. The van der Waals surface area contributed by atoms with Gasteiger partial charge in [-0.15, -0.1) is 0 Å². The molecule has 0 aliphatic carbocycles. The summed E-state index contributed by atoms with van der Waals surface area (Å²) in [5.41, 5.74) is 1.40. The van der Waals surface area contributed by atoms with Crippen LogP contribution in [0, 0.1) is 6.92 Å². The minimum atomic E-state index is 0.0656. The zero-order chi connectivity index (χ0) is 13.1. The summed E-state index contributed by atoms with van der Waals surface area (Å²) in [7, 11) is 1.91. The van der Waals surface area contributed by atoms with Gasteiger partial charge < -0.3 is 15.3 Å². The summed E-state index contributed by atoms with van der Waals surface area (Å²) in [5.74, 6) is 0.301. The van der Waals surface area contributed by atoms with Crippen molar-refractivity contribution in [1.29, 1.82) is 0 Å². The molecule has 1 unspecified atom stereocenters. The van der Waals surface area contributed by atoms with E-state index in [1.807, 2.05) is 11.9 Å². The van der Waals surface area contributed by atoms with Gasteiger partial charge in [-0.05, 0) is 50.6 Å². The Morgan fingerprint density at radius 2 is 2.33 bits per heavy atom. The molecule has 1 saturated heterocycles. The molecule has 2 N–H and O–H groups in total. The maximum Gasteiger partial charge on any atom is 0.254 e. The molecule has 1 heterocycles. The van der Waals surface area contributed by atoms with E-state index < -0.39 is 0 Å². The molecule has 0 radical (unpaired) electrons. The van der Waals surface area contributed by atoms with Gasteiger partial charge in [0.05, 0.1) is 0 Å². The van der Waals surface area contributed by atoms with E-state index in [4.69, 9.17) is 0 Å². The molecule has 1 atom stereocenters. The second kappa shape index (κ2) is 5.40. The van der Waals surface area contributed by atoms with Crippen LogP contribution in [0.1, 0.15) is 28.8 Å². The van der Waals surface area contributed by atoms with Crippen molar-refractivity contribution in [1.82, 2.24) is 10.2 Å². The number of likely N-dealkylation sites (tertiary alicyclic amines) is 1. The molecule has 18 heavy (non-hydrogen) atoms. The average molecular weight is 248 g/mol. The molecule has 0 bridgehead atoms. The van der Waals surface area contributed by atoms with Crippen molar-refractivity contribution in [3.05, 3.63) is 29.3 Å². The number of hydrogen-bond donors (Lipinski definition) is 2. The maximum atomic E-state index is 12.4. The fraction of sp³-hybridized carbons (Fsp3) is 0.500. The first-order chi connectivity index (χ1) is 8.63. The van der Waals surface area contributed by atoms with Crippen molar-refractivity contribution in [3.8, 4) is 5.75 Å². The van der Waals surface area contributed by atoms with Gasteiger partial charge in [-0.1, -0.05) is 0 Å². The number of carbonyl (C=O) groups excluding carboxylic acids is 1. The molecule has 4 heteroatoms. The lowest BCUT2D eigenvalue weighted by atomic mass is 10.1. The van der Waals surface area contributed by atoms with Crippen molar-refractivity contribution in [2.45, 2.75) is 25.8 Å². The molecule has 1 aromatic rings. The third-order valence-electron chi connectivity index (χ3n) is 3.52. The topological polar surface area (TPSA) is 52.6 Å². The third-order valence-corrected chi connectivity index (χ3v) is 3.52. The summed E-state index contributed by atoms with van der Waals surface area (Å²) in [6, 6.07) is 5.33. The lowest BCUT2D eigenvalue weighted by Gasteiger charge is -2.24. The lowest BCUT2D eigenvalue weighted by molar-refractivity contribution is 0.0737. The average Bonchev–Trinajstić information content (AvgIpc) is 2.80. The molecule has 1 amide bonds. The molecule has 0 saturated carbocycles. The Bertz CT molecular complexity index is 445. The van der Waals surface area contributed by atoms with Crippen LogP contribution in [-0.2, 0) is 0 Å². The Hall–Kier alpha value is -1.55. The zero-order valence-corrected chi connectivity index (χ0v) is 10.9. The minimum absolute atomic E-state index is 0.0656. The fourth-order valence-electron chi connectivity index (χ4n) is 2.51. The van der Waals surface area contributed by atoms with Crippen LogP contribution in [0.25, 0.3) is 0 Å². The van der Waals surface area contributed by atoms with Crippen LogP contribution in [0.2, 0.25) is 0 Å². The van der Waals surface area contributed by atoms with Gasteiger partial charge >= 0.3 is 0 Å². The summed E-state index contributed by atoms with van der Waals surface area (Å²) in [5, 5.41) is 12.6. The van der Waals surface area contributed by atoms with Gasteiger partial charge in [0.1, 0.15) is 5.75 Å². The Labute approximate surface area is 108 Å². The van der Waals surface area contributed by atoms with Gasteiger partial charge in [0.15, 0.2) is 0 Å². The maximum absolute atomic E-state index is 12.4. The van der Waals surface area contributed by atoms with Crippen LogP contribution in [0.15, 0.2) is 18.2 Å². The highest BCUT2D eigenvalue weighted by Crippen LogP contribution is 2.22. The van der Waals surface area contributed by atoms with Crippen molar-refractivity contribution in [2.24, 2.45) is 0 Å². The van der Waals surface area contributed by atoms with E-state index in [1.165, 1.54) is 0 Å². The number of phenols is 1. The van der Waals surface area contributed by atoms with Crippen molar-refractivity contribution in [3.63, 3.8) is 0 Å². The Balaban J connectivity index is 2.17. The number of nitrogens with one attached hydrogen (secondary N) is 1. The van der Waals surface area contributed by atoms with Gasteiger partial charge in [-0.2, -0.15) is 0 Å². The molecule has 1 aliphatic rings. The van der Waals surface area contributed by atoms with Crippen LogP contribution < -0.4 is 5.32 Å². The molecule has 98 valence electrons. The third kappa shape index (κ3) is 2.48. The predicted molar refractivity (Wildman–Crippen MR) is 70.8 cm³/mol. The van der Waals surface area contributed by atoms with Gasteiger partial charge in [0.25, 0.3) is 5.91 Å². The zero-order valence-electron chi connectivity index (χ0n) is 10.9. The Morgan fingerprint density at radius 3 is 3.00 bits per heavy atom. The molecule has 4 nitrogen and oxygen atoms in total. The minimum Gasteiger partial charge on any atom is -0.508 e. The van der Waals surface area contributed by atoms with E-state index in [1.54, 1.807) is 25.1 Å². The second-order valence-electron chi connectivity index (χ2n) is 4.85. The summed E-state index contributed by atoms with van der Waals surface area (Å²) in [6.45, 7) is 3.47. The summed E-state index contributed by atoms with van der Waals surface area (Å²) in [4.78, 5) is 14.3. The molecular formula is C14H20N2O2. The summed E-state index contributed by atoms with van der Waals surface area (Å²) >= 11 is 0. The number of hydrogen-bond acceptors (Lipinski definition) is 3. The quantitative estimate of drug-likeness (QED) is 0.853. The Morgan fingerprint density at radius 1 is 1.56 bits per heavy atom. The van der Waals surface area contributed by atoms with E-state index in [9.17, 15) is 9.90 Å². The van der Waals surface area contributed by atoms with Crippen LogP contribution >= 0.6 is 0 Å². The van der Waals surface area contributed by atoms with Gasteiger partial charge in [0, 0.05) is 24.7 Å². The standard InChI is InChI=1S/C14H20N2O2/c1-10-8-11(5-6-13(10)17)14(18)16-7-3-4-12(16)9-15-2/h5-6,8,12,15,17H,3-4,7,9H2,1-2H3. The number of phenolic OH excluding ortho intramolecular Hbond substituents is 1. The number of nitrogens with zero attached hydrogens (tertiary/aromatic N) is 1. The number of carbonyl (C=O) groups is 1. The van der Waals surface area contributed by atoms with Crippen LogP contribution in [0.4, 0.5) is 0 Å². The normalized spacial score (nSPS) is 19.2. The summed E-state index contributed by atoms with van der Waals surface area (Å²) in [6.07, 6.45) is 2.12. The van der Waals surface area contributed by atoms with E-state index in [-0.39, 0.29) is 17.7 Å². The Kier molecular flexibility index (Phi) is 3.87. The first-order valence-corrected chi connectivity index (χ1v) is 6.38. The van der Waals surface area contributed by atoms with Crippen molar-refractivity contribution < 1.29 is 9.90 Å². The van der Waals surface area contributed by atoms with Crippen molar-refractivity contribution in [2.75, 3.05) is 20.1 Å². The highest BCUT2D eigenvalue weighted by Gasteiger charge is 2.28. The number of rotatable bonds is 3. The molecule has 2 rings (SSSR count). The molecule has 1 fully saturated rings. The van der Waals surface area contributed by atoms with E-state index in [2.05, 4.69) is 5.32 Å². The fourth-order valence-corrected chi connectivity index (χ4v) is 2.51. The SMILES string of the molecule is CNCC1CCCN1C(=O)c1ccc(O)c(C)c1. The van der Waals surface area contributed by atoms with E-state index >= 15 is 0 Å². The number of likely N-dealkylation sites (N-methyl/N-ethyl adjacent to an activating group) is 1. The highest BCUT2D eigenvalue weighted by molar-refractivity contribution is 5.95. The molecule has 0 spiro atoms. The molecule has 1 aromatic carbocycles. The largest absolute Gasteiger partial charge is 0.508 e. The number of amides is 1. The highest BCUT2D eigenvalue weighted by atomic mass is 16.3. The monoisotopic (exact) mass is 248 g/mol. The van der Waals surface area contributed by atoms with Gasteiger partial charge in [-0.25, -0.2) is 0 Å². The number of benzene rings is 1. The number of aromatic hydroxyl groups is 1. The van der Waals surface area contributed by atoms with Crippen molar-refractivity contribution >= 4 is 5.91 Å². The smallest absolute Gasteiger partial charge is 0.254 e. The molecular weight excluding hydrogens is 228 g/mol. The van der Waals surface area contributed by atoms with Gasteiger partial charge in [-0.3, -0.25) is 4.79 Å². The first kappa shape index (κ1) is 12.9. The van der Waals surface area contributed by atoms with E-state index in [0.29, 0.717) is 5.56 Å². The predicted octanol–water partition coefficient (Wildman–Crippen LogP) is 1.52. The van der Waals surface area contributed by atoms with Crippen LogP contribution in [0.3, 0.4) is 0 Å². The summed E-state index contributed by atoms with van der Waals surface area (Å²) < 4.78 is 0. The lowest BCUT2D eigenvalue weighted by Crippen LogP contribution is -2.40. The van der Waals surface area contributed by atoms with Crippen LogP contribution in [0.5, 0.6) is 5.75 Å². The van der Waals surface area contributed by atoms with E-state index in [0.717, 1.165) is 31.5 Å². The van der Waals surface area contributed by atoms with Crippen LogP contribution in [-0.4, -0.2) is 42.1 Å². The second-order valence-corrected chi connectivity index (χ2v) is 4.85. The first-order valence-electron chi connectivity index (χ1n) is 6.38. The molecule has 0 aromatic heterocycles.